The molecule has 38 heavy (non-hydrogen) atoms. The highest BCUT2D eigenvalue weighted by molar-refractivity contribution is 5.96. The average Bonchev–Trinajstić information content (AvgIpc) is 3.05. The molecule has 0 radical (unpaired) electrons. The summed E-state index contributed by atoms with van der Waals surface area (Å²) >= 11 is 0. The van der Waals surface area contributed by atoms with Crippen LogP contribution in [0, 0.1) is 18.6 Å². The molecular weight excluding hydrogens is 488 g/mol. The number of nitrogens with zero attached hydrogens (tertiary/aromatic N) is 6. The molecule has 3 aliphatic rings. The molecule has 1 amide bonds. The van der Waals surface area contributed by atoms with Gasteiger partial charge in [0.2, 0.25) is 11.9 Å². The Kier molecular flexibility index (Phi) is 6.06. The van der Waals surface area contributed by atoms with Crippen molar-refractivity contribution >= 4 is 34.3 Å². The number of fused-ring (bicyclic) bond motifs is 5. The van der Waals surface area contributed by atoms with Crippen LogP contribution in [-0.2, 0) is 4.79 Å². The Balaban J connectivity index is 1.28. The second kappa shape index (κ2) is 9.43. The number of anilines is 3. The Hall–Kier alpha value is -3.92. The van der Waals surface area contributed by atoms with Crippen LogP contribution >= 0.6 is 0 Å². The monoisotopic (exact) mass is 517 g/mol. The van der Waals surface area contributed by atoms with E-state index in [1.807, 2.05) is 36.3 Å². The van der Waals surface area contributed by atoms with Gasteiger partial charge in [0.15, 0.2) is 5.82 Å². The minimum Gasteiger partial charge on any atom is -0.342 e. The summed E-state index contributed by atoms with van der Waals surface area (Å²) in [5.41, 5.74) is 2.69. The molecule has 0 saturated carbocycles. The number of rotatable bonds is 5. The van der Waals surface area contributed by atoms with Crippen LogP contribution in [-0.4, -0.2) is 56.0 Å². The van der Waals surface area contributed by atoms with Crippen molar-refractivity contribution in [1.29, 1.82) is 0 Å². The fraction of sp³-hybridized carbons (Fsp3) is 0.357. The Morgan fingerprint density at radius 2 is 1.82 bits per heavy atom. The molecule has 3 fully saturated rings. The minimum absolute atomic E-state index is 0.00460. The van der Waals surface area contributed by atoms with E-state index in [0.29, 0.717) is 28.8 Å². The third-order valence-electron chi connectivity index (χ3n) is 7.45. The Labute approximate surface area is 219 Å². The van der Waals surface area contributed by atoms with E-state index in [9.17, 15) is 9.18 Å². The van der Waals surface area contributed by atoms with E-state index in [4.69, 9.17) is 0 Å². The average molecular weight is 518 g/mol. The summed E-state index contributed by atoms with van der Waals surface area (Å²) in [7, 11) is 0. The van der Waals surface area contributed by atoms with Gasteiger partial charge >= 0.3 is 0 Å². The lowest BCUT2D eigenvalue weighted by Crippen LogP contribution is -2.40. The van der Waals surface area contributed by atoms with E-state index in [-0.39, 0.29) is 29.6 Å². The molecule has 0 unspecified atom stereocenters. The van der Waals surface area contributed by atoms with E-state index < -0.39 is 11.6 Å². The number of piperidine rings is 1. The number of carbonyl (C=O) groups is 1. The molecule has 1 N–H and O–H groups in total. The molecule has 196 valence electrons. The first-order chi connectivity index (χ1) is 18.3. The summed E-state index contributed by atoms with van der Waals surface area (Å²) in [6, 6.07) is 8.75. The van der Waals surface area contributed by atoms with Gasteiger partial charge < -0.3 is 14.8 Å². The zero-order chi connectivity index (χ0) is 26.6. The van der Waals surface area contributed by atoms with Crippen molar-refractivity contribution in [3.8, 4) is 11.3 Å². The van der Waals surface area contributed by atoms with Gasteiger partial charge in [-0.2, -0.15) is 0 Å². The molecule has 8 nitrogen and oxygen atoms in total. The predicted molar refractivity (Wildman–Crippen MR) is 142 cm³/mol. The van der Waals surface area contributed by atoms with E-state index in [2.05, 4.69) is 25.2 Å². The van der Waals surface area contributed by atoms with Gasteiger partial charge in [-0.05, 0) is 63.9 Å². The van der Waals surface area contributed by atoms with Crippen LogP contribution in [0.25, 0.3) is 22.2 Å². The van der Waals surface area contributed by atoms with E-state index >= 15 is 4.39 Å². The maximum atomic E-state index is 15.0. The molecular formula is C28H29F2N7O. The molecule has 0 spiro atoms. The molecule has 6 heterocycles. The van der Waals surface area contributed by atoms with Crippen LogP contribution in [0.1, 0.15) is 38.4 Å². The van der Waals surface area contributed by atoms with Gasteiger partial charge in [0.25, 0.3) is 0 Å². The lowest BCUT2D eigenvalue weighted by atomic mass is 10.0. The number of aryl methyl sites for hydroxylation is 1. The summed E-state index contributed by atoms with van der Waals surface area (Å²) in [6.07, 6.45) is 4.62. The van der Waals surface area contributed by atoms with E-state index in [1.54, 1.807) is 24.4 Å². The first-order valence-corrected chi connectivity index (χ1v) is 12.9. The third-order valence-corrected chi connectivity index (χ3v) is 7.45. The number of benzene rings is 1. The van der Waals surface area contributed by atoms with Gasteiger partial charge in [-0.1, -0.05) is 0 Å². The normalized spacial score (nSPS) is 19.4. The van der Waals surface area contributed by atoms with Crippen LogP contribution < -0.4 is 10.2 Å². The summed E-state index contributed by atoms with van der Waals surface area (Å²) in [4.78, 5) is 29.7. The number of nitrogens with one attached hydrogen (secondary N) is 1. The SMILES string of the molecule is Cc1cc2c(F)cc(-c3nc(Nc4ccc(N5C(=O)CN6CCC5CC6)cn4)ncc3F)cc2n1C(C)C. The van der Waals surface area contributed by atoms with Crippen LogP contribution in [0.5, 0.6) is 0 Å². The second-order valence-corrected chi connectivity index (χ2v) is 10.3. The van der Waals surface area contributed by atoms with Gasteiger partial charge in [0.1, 0.15) is 17.3 Å². The first kappa shape index (κ1) is 24.4. The Morgan fingerprint density at radius 3 is 2.53 bits per heavy atom. The Morgan fingerprint density at radius 1 is 1.03 bits per heavy atom. The topological polar surface area (TPSA) is 79.2 Å². The van der Waals surface area contributed by atoms with Gasteiger partial charge in [0, 0.05) is 41.8 Å². The molecule has 0 aliphatic carbocycles. The first-order valence-electron chi connectivity index (χ1n) is 12.9. The van der Waals surface area contributed by atoms with Crippen molar-refractivity contribution < 1.29 is 13.6 Å². The van der Waals surface area contributed by atoms with E-state index in [1.165, 1.54) is 6.07 Å². The van der Waals surface area contributed by atoms with Crippen LogP contribution in [0.3, 0.4) is 0 Å². The lowest BCUT2D eigenvalue weighted by molar-refractivity contribution is -0.118. The molecule has 4 aromatic rings. The van der Waals surface area contributed by atoms with Crippen molar-refractivity contribution in [3.05, 3.63) is 60.1 Å². The highest BCUT2D eigenvalue weighted by Crippen LogP contribution is 2.32. The maximum absolute atomic E-state index is 15.0. The standard InChI is InChI=1S/C28H29F2N7O/c1-16(2)36-17(3)10-21-22(29)11-18(12-24(21)36)27-23(30)14-32-28(34-27)33-25-5-4-20(13-31-25)37-19-6-8-35(9-7-19)15-26(37)38/h4-5,10-14,16,19H,6-9,15H2,1-3H3,(H,31,32,33,34). The smallest absolute Gasteiger partial charge is 0.241 e. The van der Waals surface area contributed by atoms with Gasteiger partial charge in [0.05, 0.1) is 30.1 Å². The maximum Gasteiger partial charge on any atom is 0.241 e. The van der Waals surface area contributed by atoms with Crippen molar-refractivity contribution in [2.45, 2.75) is 45.7 Å². The number of halogens is 2. The molecule has 10 heteroatoms. The molecule has 0 atom stereocenters. The quantitative estimate of drug-likeness (QED) is 0.391. The summed E-state index contributed by atoms with van der Waals surface area (Å²) in [5, 5.41) is 3.49. The summed E-state index contributed by atoms with van der Waals surface area (Å²) in [6.45, 7) is 8.27. The molecule has 3 aliphatic heterocycles. The van der Waals surface area contributed by atoms with Crippen LogP contribution in [0.4, 0.5) is 26.2 Å². The third kappa shape index (κ3) is 4.28. The van der Waals surface area contributed by atoms with E-state index in [0.717, 1.165) is 43.5 Å². The molecule has 7 rings (SSSR count). The number of amides is 1. The fourth-order valence-electron chi connectivity index (χ4n) is 5.74. The fourth-order valence-corrected chi connectivity index (χ4v) is 5.74. The van der Waals surface area contributed by atoms with Gasteiger partial charge in [-0.3, -0.25) is 9.69 Å². The Bertz CT molecular complexity index is 1520. The zero-order valence-corrected chi connectivity index (χ0v) is 21.6. The van der Waals surface area contributed by atoms with Gasteiger partial charge in [-0.25, -0.2) is 23.7 Å². The molecule has 1 aromatic carbocycles. The number of aromatic nitrogens is 4. The lowest BCUT2D eigenvalue weighted by Gasteiger charge is -2.31. The summed E-state index contributed by atoms with van der Waals surface area (Å²) in [5.74, 6) is -0.412. The highest BCUT2D eigenvalue weighted by Gasteiger charge is 2.34. The van der Waals surface area contributed by atoms with Crippen molar-refractivity contribution in [2.75, 3.05) is 29.9 Å². The zero-order valence-electron chi connectivity index (χ0n) is 21.6. The number of hydrogen-bond acceptors (Lipinski definition) is 6. The number of pyridine rings is 1. The summed E-state index contributed by atoms with van der Waals surface area (Å²) < 4.78 is 31.9. The number of carbonyl (C=O) groups excluding carboxylic acids is 1. The van der Waals surface area contributed by atoms with Crippen molar-refractivity contribution in [1.82, 2.24) is 24.4 Å². The van der Waals surface area contributed by atoms with Crippen molar-refractivity contribution in [3.63, 3.8) is 0 Å². The molecule has 2 bridgehead atoms. The number of hydrogen-bond donors (Lipinski definition) is 1. The second-order valence-electron chi connectivity index (χ2n) is 10.3. The minimum atomic E-state index is -0.651. The largest absolute Gasteiger partial charge is 0.342 e. The predicted octanol–water partition coefficient (Wildman–Crippen LogP) is 5.22. The highest BCUT2D eigenvalue weighted by atomic mass is 19.1. The van der Waals surface area contributed by atoms with Crippen LogP contribution in [0.2, 0.25) is 0 Å². The van der Waals surface area contributed by atoms with Crippen molar-refractivity contribution in [2.24, 2.45) is 0 Å². The molecule has 3 aromatic heterocycles. The van der Waals surface area contributed by atoms with Crippen LogP contribution in [0.15, 0.2) is 42.7 Å². The van der Waals surface area contributed by atoms with Gasteiger partial charge in [-0.15, -0.1) is 0 Å². The molecule has 3 saturated heterocycles.